The molecule has 2 aromatic rings. The number of alkyl halides is 1. The fourth-order valence-electron chi connectivity index (χ4n) is 3.58. The molecular weight excluding hydrogens is 376 g/mol. The van der Waals surface area contributed by atoms with Crippen molar-refractivity contribution in [3.05, 3.63) is 60.0 Å². The summed E-state index contributed by atoms with van der Waals surface area (Å²) in [5.41, 5.74) is 2.40. The van der Waals surface area contributed by atoms with Crippen LogP contribution in [0, 0.1) is 5.82 Å². The predicted octanol–water partition coefficient (Wildman–Crippen LogP) is 4.04. The molecule has 0 radical (unpaired) electrons. The van der Waals surface area contributed by atoms with E-state index in [1.165, 1.54) is 12.1 Å². The lowest BCUT2D eigenvalue weighted by Gasteiger charge is -2.14. The Hall–Kier alpha value is -2.93. The SMILES string of the molecule is O=C1Nc2cc(F)ccc2/C1=C\Nc1ccc(OCCCN2CCC(F)C2)cc1. The van der Waals surface area contributed by atoms with E-state index in [1.54, 1.807) is 12.3 Å². The average molecular weight is 399 g/mol. The number of hydrogen-bond donors (Lipinski definition) is 2. The van der Waals surface area contributed by atoms with Crippen molar-refractivity contribution >= 4 is 22.9 Å². The van der Waals surface area contributed by atoms with Gasteiger partial charge in [0.2, 0.25) is 0 Å². The van der Waals surface area contributed by atoms with Crippen LogP contribution in [0.4, 0.5) is 20.2 Å². The first-order valence-corrected chi connectivity index (χ1v) is 9.76. The molecule has 1 atom stereocenters. The number of benzene rings is 2. The fourth-order valence-corrected chi connectivity index (χ4v) is 3.58. The summed E-state index contributed by atoms with van der Waals surface area (Å²) in [5, 5.41) is 5.75. The smallest absolute Gasteiger partial charge is 0.257 e. The molecule has 2 aliphatic rings. The summed E-state index contributed by atoms with van der Waals surface area (Å²) in [6.45, 7) is 2.79. The maximum absolute atomic E-state index is 13.3. The molecule has 5 nitrogen and oxygen atoms in total. The molecule has 1 saturated heterocycles. The molecule has 2 heterocycles. The minimum Gasteiger partial charge on any atom is -0.494 e. The minimum atomic E-state index is -0.684. The van der Waals surface area contributed by atoms with Crippen LogP contribution in [0.3, 0.4) is 0 Å². The molecule has 2 aromatic carbocycles. The number of hydrogen-bond acceptors (Lipinski definition) is 4. The summed E-state index contributed by atoms with van der Waals surface area (Å²) in [6.07, 6.45) is 2.42. The molecule has 0 aromatic heterocycles. The molecule has 1 fully saturated rings. The summed E-state index contributed by atoms with van der Waals surface area (Å²) in [6, 6.07) is 11.7. The number of likely N-dealkylation sites (tertiary alicyclic amines) is 1. The van der Waals surface area contributed by atoms with E-state index in [0.717, 1.165) is 30.9 Å². The van der Waals surface area contributed by atoms with Crippen molar-refractivity contribution in [3.63, 3.8) is 0 Å². The maximum atomic E-state index is 13.3. The van der Waals surface area contributed by atoms with E-state index < -0.39 is 6.17 Å². The summed E-state index contributed by atoms with van der Waals surface area (Å²) >= 11 is 0. The molecule has 7 heteroatoms. The molecule has 0 saturated carbocycles. The molecule has 0 bridgehead atoms. The van der Waals surface area contributed by atoms with E-state index in [9.17, 15) is 13.6 Å². The van der Waals surface area contributed by atoms with Crippen molar-refractivity contribution in [3.8, 4) is 5.75 Å². The maximum Gasteiger partial charge on any atom is 0.257 e. The molecule has 4 rings (SSSR count). The van der Waals surface area contributed by atoms with Crippen molar-refractivity contribution in [2.75, 3.05) is 36.9 Å². The van der Waals surface area contributed by atoms with E-state index in [-0.39, 0.29) is 11.7 Å². The third kappa shape index (κ3) is 4.74. The molecule has 0 spiro atoms. The first-order chi connectivity index (χ1) is 14.1. The Morgan fingerprint density at radius 2 is 2.07 bits per heavy atom. The number of halogens is 2. The Kier molecular flexibility index (Phi) is 5.76. The van der Waals surface area contributed by atoms with Crippen molar-refractivity contribution < 1.29 is 18.3 Å². The second-order valence-electron chi connectivity index (χ2n) is 7.26. The summed E-state index contributed by atoms with van der Waals surface area (Å²) in [7, 11) is 0. The minimum absolute atomic E-state index is 0.268. The number of ether oxygens (including phenoxy) is 1. The Balaban J connectivity index is 1.28. The van der Waals surface area contributed by atoms with Crippen LogP contribution in [0.5, 0.6) is 5.75 Å². The van der Waals surface area contributed by atoms with Gasteiger partial charge >= 0.3 is 0 Å². The number of rotatable bonds is 7. The highest BCUT2D eigenvalue weighted by Gasteiger charge is 2.24. The van der Waals surface area contributed by atoms with Crippen LogP contribution >= 0.6 is 0 Å². The van der Waals surface area contributed by atoms with Crippen LogP contribution in [0.2, 0.25) is 0 Å². The highest BCUT2D eigenvalue weighted by molar-refractivity contribution is 6.31. The Morgan fingerprint density at radius 1 is 1.24 bits per heavy atom. The summed E-state index contributed by atoms with van der Waals surface area (Å²) < 4.78 is 32.2. The zero-order valence-corrected chi connectivity index (χ0v) is 16.0. The van der Waals surface area contributed by atoms with Crippen LogP contribution in [-0.4, -0.2) is 43.2 Å². The summed E-state index contributed by atoms with van der Waals surface area (Å²) in [5.74, 6) is 0.100. The van der Waals surface area contributed by atoms with Crippen molar-refractivity contribution in [1.29, 1.82) is 0 Å². The van der Waals surface area contributed by atoms with Gasteiger partial charge in [-0.1, -0.05) is 0 Å². The van der Waals surface area contributed by atoms with Gasteiger partial charge in [0.15, 0.2) is 0 Å². The van der Waals surface area contributed by atoms with E-state index in [4.69, 9.17) is 4.74 Å². The van der Waals surface area contributed by atoms with Crippen LogP contribution in [0.25, 0.3) is 5.57 Å². The second-order valence-corrected chi connectivity index (χ2v) is 7.26. The van der Waals surface area contributed by atoms with Crippen LogP contribution in [-0.2, 0) is 4.79 Å². The zero-order valence-electron chi connectivity index (χ0n) is 16.0. The van der Waals surface area contributed by atoms with Gasteiger partial charge < -0.3 is 20.3 Å². The first kappa shape index (κ1) is 19.4. The van der Waals surface area contributed by atoms with Gasteiger partial charge in [0, 0.05) is 37.1 Å². The highest BCUT2D eigenvalue weighted by Crippen LogP contribution is 2.32. The lowest BCUT2D eigenvalue weighted by atomic mass is 10.1. The highest BCUT2D eigenvalue weighted by atomic mass is 19.1. The first-order valence-electron chi connectivity index (χ1n) is 9.76. The van der Waals surface area contributed by atoms with E-state index in [0.29, 0.717) is 36.4 Å². The normalized spacial score (nSPS) is 20.0. The lowest BCUT2D eigenvalue weighted by Crippen LogP contribution is -2.23. The quantitative estimate of drug-likeness (QED) is 0.545. The van der Waals surface area contributed by atoms with Crippen molar-refractivity contribution in [1.82, 2.24) is 4.90 Å². The third-order valence-electron chi connectivity index (χ3n) is 5.10. The number of nitrogens with one attached hydrogen (secondary N) is 2. The van der Waals surface area contributed by atoms with Crippen LogP contribution in [0.15, 0.2) is 48.7 Å². The van der Waals surface area contributed by atoms with Gasteiger partial charge in [-0.25, -0.2) is 8.78 Å². The number of fused-ring (bicyclic) bond motifs is 1. The number of nitrogens with zero attached hydrogens (tertiary/aromatic N) is 1. The van der Waals surface area contributed by atoms with Gasteiger partial charge in [0.1, 0.15) is 17.7 Å². The number of anilines is 2. The van der Waals surface area contributed by atoms with E-state index >= 15 is 0 Å². The van der Waals surface area contributed by atoms with Crippen molar-refractivity contribution in [2.24, 2.45) is 0 Å². The fraction of sp³-hybridized carbons (Fsp3) is 0.318. The molecule has 1 amide bonds. The largest absolute Gasteiger partial charge is 0.494 e. The van der Waals surface area contributed by atoms with Gasteiger partial charge in [-0.2, -0.15) is 0 Å². The molecule has 29 heavy (non-hydrogen) atoms. The number of carbonyl (C=O) groups excluding carboxylic acids is 1. The van der Waals surface area contributed by atoms with Crippen molar-refractivity contribution in [2.45, 2.75) is 19.0 Å². The van der Waals surface area contributed by atoms with Gasteiger partial charge in [-0.05, 0) is 55.3 Å². The van der Waals surface area contributed by atoms with Crippen LogP contribution in [0.1, 0.15) is 18.4 Å². The molecule has 2 aliphatic heterocycles. The zero-order chi connectivity index (χ0) is 20.2. The van der Waals surface area contributed by atoms with Gasteiger partial charge in [-0.3, -0.25) is 4.79 Å². The predicted molar refractivity (Wildman–Crippen MR) is 109 cm³/mol. The summed E-state index contributed by atoms with van der Waals surface area (Å²) in [4.78, 5) is 14.2. The van der Waals surface area contributed by atoms with Gasteiger partial charge in [0.05, 0.1) is 17.9 Å². The monoisotopic (exact) mass is 399 g/mol. The van der Waals surface area contributed by atoms with E-state index in [2.05, 4.69) is 15.5 Å². The molecular formula is C22H23F2N3O2. The average Bonchev–Trinajstić information content (AvgIpc) is 3.26. The van der Waals surface area contributed by atoms with Crippen LogP contribution < -0.4 is 15.4 Å². The topological polar surface area (TPSA) is 53.6 Å². The lowest BCUT2D eigenvalue weighted by molar-refractivity contribution is -0.110. The Bertz CT molecular complexity index is 915. The van der Waals surface area contributed by atoms with E-state index in [1.807, 2.05) is 24.3 Å². The molecule has 1 unspecified atom stereocenters. The standard InChI is InChI=1S/C22H23F2N3O2/c23-15-2-7-19-20(22(28)26-21(19)12-15)13-25-17-3-5-18(6-4-17)29-11-1-9-27-10-8-16(24)14-27/h2-7,12-13,16,25H,1,8-11,14H2,(H,26,28)/b20-13+. The number of carbonyl (C=O) groups is 1. The van der Waals surface area contributed by atoms with Gasteiger partial charge in [-0.15, -0.1) is 0 Å². The number of amides is 1. The Morgan fingerprint density at radius 3 is 2.83 bits per heavy atom. The second kappa shape index (κ2) is 8.61. The third-order valence-corrected chi connectivity index (χ3v) is 5.10. The Labute approximate surface area is 168 Å². The molecule has 152 valence electrons. The molecule has 2 N–H and O–H groups in total. The van der Waals surface area contributed by atoms with Gasteiger partial charge in [0.25, 0.3) is 5.91 Å². The molecule has 0 aliphatic carbocycles.